The normalized spacial score (nSPS) is 13.9. The highest BCUT2D eigenvalue weighted by molar-refractivity contribution is 7.47. The summed E-state index contributed by atoms with van der Waals surface area (Å²) in [6.07, 6.45) is 75.6. The van der Waals surface area contributed by atoms with E-state index in [1.54, 1.807) is 0 Å². The number of unbranched alkanes of at least 4 members (excludes halogenated alkanes) is 21. The van der Waals surface area contributed by atoms with Gasteiger partial charge in [-0.3, -0.25) is 18.6 Å². The molecule has 71 heavy (non-hydrogen) atoms. The number of carbonyl (C=O) groups is 2. The fourth-order valence-corrected chi connectivity index (χ4v) is 8.30. The van der Waals surface area contributed by atoms with Crippen molar-refractivity contribution in [3.63, 3.8) is 0 Å². The molecule has 0 fully saturated rings. The molecule has 0 saturated carbocycles. The summed E-state index contributed by atoms with van der Waals surface area (Å²) in [5.41, 5.74) is 5.38. The molecule has 406 valence electrons. The molecule has 0 radical (unpaired) electrons. The highest BCUT2D eigenvalue weighted by Crippen LogP contribution is 2.43. The van der Waals surface area contributed by atoms with Crippen LogP contribution in [-0.4, -0.2) is 49.3 Å². The number of nitrogens with two attached hydrogens (primary N) is 1. The van der Waals surface area contributed by atoms with Gasteiger partial charge in [0.15, 0.2) is 6.10 Å². The molecular formula is C61H104NO8P. The van der Waals surface area contributed by atoms with Crippen LogP contribution >= 0.6 is 7.82 Å². The molecule has 0 aromatic rings. The summed E-state index contributed by atoms with van der Waals surface area (Å²) in [5.74, 6) is -0.844. The van der Waals surface area contributed by atoms with E-state index in [1.807, 2.05) is 0 Å². The standard InChI is InChI=1S/C61H104NO8P/c1-3-5-7-9-11-13-15-17-19-21-23-25-27-28-29-30-32-33-35-37-39-41-43-45-47-49-51-53-60(63)67-57-59(58-69-71(65,66)68-56-55-62)70-61(64)54-52-50-48-46-44-42-40-38-36-34-31-26-24-22-20-18-16-14-12-10-8-6-4-2/h5-8,11-14,17-20,23-26,34,36,59H,3-4,9-10,15-16,21-22,27-33,35,37-58,62H2,1-2H3,(H,65,66)/b7-5-,8-6-,13-11-,14-12-,19-17-,20-18-,25-23-,26-24-,36-34-. The van der Waals surface area contributed by atoms with Crippen molar-refractivity contribution < 1.29 is 37.6 Å². The van der Waals surface area contributed by atoms with Crippen molar-refractivity contribution in [2.24, 2.45) is 5.73 Å². The zero-order valence-electron chi connectivity index (χ0n) is 45.2. The van der Waals surface area contributed by atoms with E-state index in [4.69, 9.17) is 24.3 Å². The molecule has 2 unspecified atom stereocenters. The average molecular weight is 1010 g/mol. The molecule has 2 atom stereocenters. The zero-order chi connectivity index (χ0) is 51.7. The van der Waals surface area contributed by atoms with E-state index in [9.17, 15) is 19.0 Å². The first kappa shape index (κ1) is 67.7. The van der Waals surface area contributed by atoms with Crippen LogP contribution in [0.25, 0.3) is 0 Å². The Hall–Kier alpha value is -3.33. The maximum Gasteiger partial charge on any atom is 0.472 e. The van der Waals surface area contributed by atoms with Gasteiger partial charge in [0, 0.05) is 19.4 Å². The smallest absolute Gasteiger partial charge is 0.462 e. The first-order valence-electron chi connectivity index (χ1n) is 28.4. The summed E-state index contributed by atoms with van der Waals surface area (Å²) < 4.78 is 33.0. The molecule has 9 nitrogen and oxygen atoms in total. The molecule has 0 heterocycles. The van der Waals surface area contributed by atoms with Crippen molar-refractivity contribution in [2.75, 3.05) is 26.4 Å². The molecular weight excluding hydrogens is 906 g/mol. The second kappa shape index (κ2) is 56.0. The van der Waals surface area contributed by atoms with Crippen LogP contribution in [0.4, 0.5) is 0 Å². The van der Waals surface area contributed by atoms with Crippen molar-refractivity contribution in [3.8, 4) is 0 Å². The van der Waals surface area contributed by atoms with Crippen LogP contribution in [0.3, 0.4) is 0 Å². The average Bonchev–Trinajstić information content (AvgIpc) is 3.36. The van der Waals surface area contributed by atoms with Gasteiger partial charge in [0.05, 0.1) is 13.2 Å². The van der Waals surface area contributed by atoms with Crippen LogP contribution in [0.15, 0.2) is 109 Å². The lowest BCUT2D eigenvalue weighted by Gasteiger charge is -2.19. The van der Waals surface area contributed by atoms with Crippen molar-refractivity contribution >= 4 is 19.8 Å². The van der Waals surface area contributed by atoms with Crippen LogP contribution in [0.1, 0.15) is 232 Å². The quantitative estimate of drug-likeness (QED) is 0.0264. The van der Waals surface area contributed by atoms with E-state index in [0.29, 0.717) is 6.42 Å². The third-order valence-electron chi connectivity index (χ3n) is 11.7. The SMILES string of the molecule is CC/C=C\C/C=C\C/C=C\C/C=C\C/C=C\CCCCCCCCCC(=O)OC(COC(=O)CCCCCCCCCCCCCCCC/C=C\C/C=C\C/C=C\C/C=C\CC)COP(=O)(O)OCCN. The van der Waals surface area contributed by atoms with Crippen molar-refractivity contribution in [1.29, 1.82) is 0 Å². The third-order valence-corrected chi connectivity index (χ3v) is 12.6. The molecule has 0 aliphatic carbocycles. The Morgan fingerprint density at radius 3 is 1.08 bits per heavy atom. The van der Waals surface area contributed by atoms with Gasteiger partial charge in [-0.05, 0) is 96.3 Å². The van der Waals surface area contributed by atoms with E-state index in [1.165, 1.54) is 96.3 Å². The second-order valence-electron chi connectivity index (χ2n) is 18.4. The second-order valence-corrected chi connectivity index (χ2v) is 19.8. The number of hydrogen-bond donors (Lipinski definition) is 2. The lowest BCUT2D eigenvalue weighted by atomic mass is 10.0. The molecule has 0 aliphatic rings. The summed E-state index contributed by atoms with van der Waals surface area (Å²) in [6, 6.07) is 0. The number of allylic oxidation sites excluding steroid dienone is 18. The minimum atomic E-state index is -4.40. The van der Waals surface area contributed by atoms with Gasteiger partial charge in [-0.1, -0.05) is 232 Å². The lowest BCUT2D eigenvalue weighted by molar-refractivity contribution is -0.161. The number of carbonyl (C=O) groups excluding carboxylic acids is 2. The van der Waals surface area contributed by atoms with Gasteiger partial charge in [-0.25, -0.2) is 4.57 Å². The van der Waals surface area contributed by atoms with E-state index >= 15 is 0 Å². The fraction of sp³-hybridized carbons (Fsp3) is 0.672. The molecule has 0 amide bonds. The van der Waals surface area contributed by atoms with Gasteiger partial charge in [-0.2, -0.15) is 0 Å². The Kier molecular flexibility index (Phi) is 53.3. The summed E-state index contributed by atoms with van der Waals surface area (Å²) >= 11 is 0. The first-order chi connectivity index (χ1) is 34.8. The summed E-state index contributed by atoms with van der Waals surface area (Å²) in [6.45, 7) is 3.51. The molecule has 0 rings (SSSR count). The minimum absolute atomic E-state index is 0.0463. The lowest BCUT2D eigenvalue weighted by Crippen LogP contribution is -2.29. The minimum Gasteiger partial charge on any atom is -0.462 e. The number of rotatable bonds is 52. The Labute approximate surface area is 435 Å². The number of ether oxygens (including phenoxy) is 2. The van der Waals surface area contributed by atoms with Gasteiger partial charge >= 0.3 is 19.8 Å². The Morgan fingerprint density at radius 1 is 0.423 bits per heavy atom. The number of phosphoric acid groups is 1. The summed E-state index contributed by atoms with van der Waals surface area (Å²) in [7, 11) is -4.40. The largest absolute Gasteiger partial charge is 0.472 e. The summed E-state index contributed by atoms with van der Waals surface area (Å²) in [4.78, 5) is 35.2. The van der Waals surface area contributed by atoms with E-state index in [2.05, 4.69) is 123 Å². The molecule has 0 aliphatic heterocycles. The van der Waals surface area contributed by atoms with Crippen molar-refractivity contribution in [3.05, 3.63) is 109 Å². The van der Waals surface area contributed by atoms with Crippen molar-refractivity contribution in [1.82, 2.24) is 0 Å². The van der Waals surface area contributed by atoms with Gasteiger partial charge in [-0.15, -0.1) is 0 Å². The molecule has 0 saturated heterocycles. The molecule has 3 N–H and O–H groups in total. The number of hydrogen-bond acceptors (Lipinski definition) is 8. The monoisotopic (exact) mass is 1010 g/mol. The van der Waals surface area contributed by atoms with Crippen molar-refractivity contribution in [2.45, 2.75) is 238 Å². The summed E-state index contributed by atoms with van der Waals surface area (Å²) in [5, 5.41) is 0. The molecule has 10 heteroatoms. The van der Waals surface area contributed by atoms with Gasteiger partial charge < -0.3 is 20.1 Å². The van der Waals surface area contributed by atoms with Crippen LogP contribution in [0.2, 0.25) is 0 Å². The maximum atomic E-state index is 12.7. The van der Waals surface area contributed by atoms with Crippen LogP contribution in [0.5, 0.6) is 0 Å². The number of phosphoric ester groups is 1. The molecule has 0 aromatic carbocycles. The fourth-order valence-electron chi connectivity index (χ4n) is 7.54. The van der Waals surface area contributed by atoms with Gasteiger partial charge in [0.1, 0.15) is 6.61 Å². The molecule has 0 spiro atoms. The van der Waals surface area contributed by atoms with Gasteiger partial charge in [0.2, 0.25) is 0 Å². The maximum absolute atomic E-state index is 12.7. The Bertz CT molecular complexity index is 1530. The zero-order valence-corrected chi connectivity index (χ0v) is 46.1. The van der Waals surface area contributed by atoms with Crippen LogP contribution < -0.4 is 5.73 Å². The Balaban J connectivity index is 4.02. The van der Waals surface area contributed by atoms with E-state index in [0.717, 1.165) is 103 Å². The predicted molar refractivity (Wildman–Crippen MR) is 302 cm³/mol. The highest BCUT2D eigenvalue weighted by atomic mass is 31.2. The van der Waals surface area contributed by atoms with Gasteiger partial charge in [0.25, 0.3) is 0 Å². The highest BCUT2D eigenvalue weighted by Gasteiger charge is 2.26. The topological polar surface area (TPSA) is 134 Å². The van der Waals surface area contributed by atoms with Crippen LogP contribution in [-0.2, 0) is 32.7 Å². The number of esters is 2. The molecule has 0 bridgehead atoms. The third kappa shape index (κ3) is 55.8. The molecule has 0 aromatic heterocycles. The van der Waals surface area contributed by atoms with E-state index in [-0.39, 0.29) is 38.6 Å². The van der Waals surface area contributed by atoms with Crippen LogP contribution in [0, 0.1) is 0 Å². The predicted octanol–water partition coefficient (Wildman–Crippen LogP) is 17.8. The first-order valence-corrected chi connectivity index (χ1v) is 29.9. The Morgan fingerprint density at radius 2 is 0.732 bits per heavy atom. The van der Waals surface area contributed by atoms with E-state index < -0.39 is 26.5 Å².